The normalized spacial score (nSPS) is 17.1. The number of carboxylic acid groups (broad SMARTS) is 1. The fourth-order valence-electron chi connectivity index (χ4n) is 1.00. The molecule has 12 heavy (non-hydrogen) atoms. The Kier molecular flexibility index (Phi) is 3.50. The molecule has 4 nitrogen and oxygen atoms in total. The maximum Gasteiger partial charge on any atom is 0.193 e. The zero-order valence-electron chi connectivity index (χ0n) is 7.50. The highest BCUT2D eigenvalue weighted by Gasteiger charge is 2.30. The molecule has 0 aliphatic heterocycles. The summed E-state index contributed by atoms with van der Waals surface area (Å²) in [5.41, 5.74) is 0. The van der Waals surface area contributed by atoms with Gasteiger partial charge < -0.3 is 19.5 Å². The lowest BCUT2D eigenvalue weighted by atomic mass is 10.2. The number of nitrogens with zero attached hydrogens (tertiary/aromatic N) is 1. The Bertz CT molecular complexity index is 174. The number of alkyl halides is 1. The van der Waals surface area contributed by atoms with Crippen LogP contribution in [0, 0.1) is 0 Å². The summed E-state index contributed by atoms with van der Waals surface area (Å²) in [4.78, 5) is 10.1. The molecule has 1 atom stereocenters. The highest BCUT2D eigenvalue weighted by molar-refractivity contribution is 6.23. The molecule has 0 heterocycles. The highest BCUT2D eigenvalue weighted by Crippen LogP contribution is 2.18. The van der Waals surface area contributed by atoms with Gasteiger partial charge in [0.25, 0.3) is 0 Å². The van der Waals surface area contributed by atoms with E-state index in [1.807, 2.05) is 21.1 Å². The van der Waals surface area contributed by atoms with Crippen LogP contribution in [0.3, 0.4) is 0 Å². The maximum absolute atomic E-state index is 10.1. The summed E-state index contributed by atoms with van der Waals surface area (Å²) >= 11 is 5.53. The first-order chi connectivity index (χ1) is 5.12. The third-order valence-corrected chi connectivity index (χ3v) is 1.38. The lowest BCUT2D eigenvalue weighted by Crippen LogP contribution is -2.48. The summed E-state index contributed by atoms with van der Waals surface area (Å²) in [6, 6.07) is 0. The second-order valence-corrected chi connectivity index (χ2v) is 4.62. The average molecular weight is 196 g/mol. The van der Waals surface area contributed by atoms with Crippen molar-refractivity contribution in [3.05, 3.63) is 0 Å². The molecule has 0 aliphatic rings. The van der Waals surface area contributed by atoms with Gasteiger partial charge in [0.15, 0.2) is 5.06 Å². The van der Waals surface area contributed by atoms with Crippen molar-refractivity contribution in [2.24, 2.45) is 0 Å². The number of halogens is 1. The molecule has 72 valence electrons. The SMILES string of the molecule is C[N+](C)(C)CC(O)(Cl)CC(=O)[O-]. The molecule has 0 aromatic carbocycles. The summed E-state index contributed by atoms with van der Waals surface area (Å²) < 4.78 is 0.396. The molecule has 0 spiro atoms. The third-order valence-electron chi connectivity index (χ3n) is 1.13. The molecule has 0 radical (unpaired) electrons. The number of carbonyl (C=O) groups excluding carboxylic acids is 1. The first-order valence-electron chi connectivity index (χ1n) is 3.54. The molecule has 0 saturated carbocycles. The van der Waals surface area contributed by atoms with Crippen molar-refractivity contribution in [1.82, 2.24) is 0 Å². The molecule has 0 aliphatic carbocycles. The van der Waals surface area contributed by atoms with E-state index in [-0.39, 0.29) is 6.54 Å². The molecule has 0 aromatic heterocycles. The number of likely N-dealkylation sites (N-methyl/N-ethyl adjacent to an activating group) is 1. The molecule has 0 bridgehead atoms. The number of hydrogen-bond acceptors (Lipinski definition) is 3. The molecular weight excluding hydrogens is 182 g/mol. The zero-order chi connectivity index (χ0) is 9.99. The molecule has 0 aromatic rings. The molecule has 0 saturated heterocycles. The number of aliphatic carboxylic acids is 1. The number of carboxylic acids is 1. The first kappa shape index (κ1) is 11.7. The van der Waals surface area contributed by atoms with Gasteiger partial charge in [-0.1, -0.05) is 11.6 Å². The van der Waals surface area contributed by atoms with Crippen LogP contribution in [-0.4, -0.2) is 48.3 Å². The number of aliphatic hydroxyl groups is 1. The fraction of sp³-hybridized carbons (Fsp3) is 0.857. The van der Waals surface area contributed by atoms with E-state index in [0.717, 1.165) is 0 Å². The van der Waals surface area contributed by atoms with Crippen LogP contribution in [-0.2, 0) is 4.79 Å². The Hall–Kier alpha value is -0.320. The van der Waals surface area contributed by atoms with E-state index in [1.54, 1.807) is 0 Å². The highest BCUT2D eigenvalue weighted by atomic mass is 35.5. The number of rotatable bonds is 4. The van der Waals surface area contributed by atoms with Crippen molar-refractivity contribution in [1.29, 1.82) is 0 Å². The quantitative estimate of drug-likeness (QED) is 0.451. The molecule has 0 rings (SSSR count). The van der Waals surface area contributed by atoms with Gasteiger partial charge in [0.05, 0.1) is 21.1 Å². The average Bonchev–Trinajstić information content (AvgIpc) is 1.48. The van der Waals surface area contributed by atoms with Crippen LogP contribution < -0.4 is 5.11 Å². The molecule has 1 N–H and O–H groups in total. The third kappa shape index (κ3) is 6.39. The van der Waals surface area contributed by atoms with Gasteiger partial charge in [-0.15, -0.1) is 0 Å². The van der Waals surface area contributed by atoms with Crippen LogP contribution in [0.2, 0.25) is 0 Å². The molecule has 0 fully saturated rings. The summed E-state index contributed by atoms with van der Waals surface area (Å²) in [5, 5.41) is 17.8. The minimum atomic E-state index is -1.71. The van der Waals surface area contributed by atoms with Crippen LogP contribution in [0.4, 0.5) is 0 Å². The van der Waals surface area contributed by atoms with Crippen LogP contribution in [0.15, 0.2) is 0 Å². The first-order valence-corrected chi connectivity index (χ1v) is 3.92. The van der Waals surface area contributed by atoms with Gasteiger partial charge in [0.1, 0.15) is 6.54 Å². The number of hydrogen-bond donors (Lipinski definition) is 1. The molecular formula is C7H14ClNO3. The predicted molar refractivity (Wildman–Crippen MR) is 43.3 cm³/mol. The van der Waals surface area contributed by atoms with Crippen molar-refractivity contribution in [2.75, 3.05) is 27.7 Å². The van der Waals surface area contributed by atoms with Gasteiger partial charge in [-0.05, 0) is 0 Å². The Morgan fingerprint density at radius 1 is 1.58 bits per heavy atom. The monoisotopic (exact) mass is 195 g/mol. The van der Waals surface area contributed by atoms with Crippen LogP contribution in [0.5, 0.6) is 0 Å². The summed E-state index contributed by atoms with van der Waals surface area (Å²) in [6.07, 6.45) is -0.552. The standard InChI is InChI=1S/C7H14ClNO3/c1-9(2,3)5-7(8,12)4-6(10)11/h12H,4-5H2,1-3H3. The number of quaternary nitrogens is 1. The Balaban J connectivity index is 4.13. The van der Waals surface area contributed by atoms with Gasteiger partial charge in [-0.3, -0.25) is 0 Å². The van der Waals surface area contributed by atoms with Crippen LogP contribution >= 0.6 is 11.6 Å². The summed E-state index contributed by atoms with van der Waals surface area (Å²) in [6.45, 7) is 0.155. The van der Waals surface area contributed by atoms with Crippen molar-refractivity contribution in [3.8, 4) is 0 Å². The van der Waals surface area contributed by atoms with E-state index < -0.39 is 17.5 Å². The van der Waals surface area contributed by atoms with E-state index in [4.69, 9.17) is 11.6 Å². The smallest absolute Gasteiger partial charge is 0.193 e. The zero-order valence-corrected chi connectivity index (χ0v) is 8.26. The van der Waals surface area contributed by atoms with Crippen molar-refractivity contribution in [2.45, 2.75) is 11.5 Å². The summed E-state index contributed by atoms with van der Waals surface area (Å²) in [5.74, 6) is -1.35. The lowest BCUT2D eigenvalue weighted by Gasteiger charge is -2.31. The van der Waals surface area contributed by atoms with Gasteiger partial charge in [0.2, 0.25) is 0 Å². The topological polar surface area (TPSA) is 60.4 Å². The molecule has 0 amide bonds. The molecule has 5 heteroatoms. The molecule has 1 unspecified atom stereocenters. The van der Waals surface area contributed by atoms with Gasteiger partial charge in [-0.25, -0.2) is 0 Å². The van der Waals surface area contributed by atoms with E-state index in [0.29, 0.717) is 4.48 Å². The van der Waals surface area contributed by atoms with Crippen molar-refractivity contribution < 1.29 is 19.5 Å². The van der Waals surface area contributed by atoms with Crippen molar-refractivity contribution >= 4 is 17.6 Å². The van der Waals surface area contributed by atoms with E-state index in [2.05, 4.69) is 0 Å². The lowest BCUT2D eigenvalue weighted by molar-refractivity contribution is -0.875. The van der Waals surface area contributed by atoms with Gasteiger partial charge in [0, 0.05) is 12.4 Å². The van der Waals surface area contributed by atoms with Gasteiger partial charge >= 0.3 is 0 Å². The maximum atomic E-state index is 10.1. The Labute approximate surface area is 77.0 Å². The van der Waals surface area contributed by atoms with E-state index >= 15 is 0 Å². The Morgan fingerprint density at radius 2 is 2.00 bits per heavy atom. The second kappa shape index (κ2) is 3.60. The van der Waals surface area contributed by atoms with Crippen LogP contribution in [0.25, 0.3) is 0 Å². The Morgan fingerprint density at radius 3 is 2.25 bits per heavy atom. The fourth-order valence-corrected chi connectivity index (χ4v) is 1.47. The minimum absolute atomic E-state index is 0.155. The second-order valence-electron chi connectivity index (χ2n) is 3.92. The minimum Gasteiger partial charge on any atom is -0.550 e. The number of carbonyl (C=O) groups is 1. The van der Waals surface area contributed by atoms with Crippen molar-refractivity contribution in [3.63, 3.8) is 0 Å². The summed E-state index contributed by atoms with van der Waals surface area (Å²) in [7, 11) is 5.42. The van der Waals surface area contributed by atoms with E-state index in [1.165, 1.54) is 0 Å². The predicted octanol–water partition coefficient (Wildman–Crippen LogP) is -1.24. The largest absolute Gasteiger partial charge is 0.550 e. The van der Waals surface area contributed by atoms with E-state index in [9.17, 15) is 15.0 Å². The van der Waals surface area contributed by atoms with Crippen LogP contribution in [0.1, 0.15) is 6.42 Å². The van der Waals surface area contributed by atoms with Gasteiger partial charge in [-0.2, -0.15) is 0 Å².